The summed E-state index contributed by atoms with van der Waals surface area (Å²) in [6, 6.07) is 9.41. The van der Waals surface area contributed by atoms with Crippen LogP contribution in [0.4, 0.5) is 8.78 Å². The number of quaternary nitrogens is 1. The first kappa shape index (κ1) is 23.5. The molecule has 2 heterocycles. The molecular weight excluding hydrogens is 477 g/mol. The van der Waals surface area contributed by atoms with Gasteiger partial charge in [0, 0.05) is 38.8 Å². The van der Waals surface area contributed by atoms with E-state index < -0.39 is 11.5 Å². The number of carbonyl (C=O) groups excluding carboxylic acids is 1. The van der Waals surface area contributed by atoms with E-state index in [0.29, 0.717) is 0 Å². The van der Waals surface area contributed by atoms with Gasteiger partial charge in [0.05, 0.1) is 27.2 Å². The van der Waals surface area contributed by atoms with Gasteiger partial charge in [-0.3, -0.25) is 4.90 Å². The minimum absolute atomic E-state index is 0. The lowest BCUT2D eigenvalue weighted by Crippen LogP contribution is -3.00. The molecule has 28 heavy (non-hydrogen) atoms. The maximum atomic E-state index is 13.7. The number of ether oxygens (including phenoxy) is 1. The molecule has 0 saturated carbocycles. The number of nitrogens with zero attached hydrogens (tertiary/aromatic N) is 2. The Kier molecular flexibility index (Phi) is 7.48. The Balaban J connectivity index is 0.00000280. The molecule has 2 aliphatic rings. The molecule has 3 rings (SSSR count). The van der Waals surface area contributed by atoms with Crippen LogP contribution < -0.4 is 24.0 Å². The quantitative estimate of drug-likeness (QED) is 0.336. The van der Waals surface area contributed by atoms with Crippen LogP contribution in [0.25, 0.3) is 0 Å². The van der Waals surface area contributed by atoms with E-state index in [4.69, 9.17) is 4.74 Å². The molecule has 1 atom stereocenters. The molecule has 0 N–H and O–H groups in total. The largest absolute Gasteiger partial charge is 1.00 e. The van der Waals surface area contributed by atoms with E-state index in [-0.39, 0.29) is 62.0 Å². The van der Waals surface area contributed by atoms with Gasteiger partial charge in [0.1, 0.15) is 11.6 Å². The highest BCUT2D eigenvalue weighted by molar-refractivity contribution is 5.82. The minimum Gasteiger partial charge on any atom is -1.00 e. The van der Waals surface area contributed by atoms with Crippen LogP contribution >= 0.6 is 0 Å². The Morgan fingerprint density at radius 3 is 2.21 bits per heavy atom. The first-order valence-corrected chi connectivity index (χ1v) is 9.84. The number of alkyl halides is 2. The number of hydrogen-bond acceptors (Lipinski definition) is 3. The Labute approximate surface area is 183 Å². The van der Waals surface area contributed by atoms with E-state index in [1.807, 2.05) is 42.2 Å². The molecule has 0 amide bonds. The monoisotopic (exact) mass is 508 g/mol. The smallest absolute Gasteiger partial charge is 0.331 e. The van der Waals surface area contributed by atoms with Crippen LogP contribution in [-0.2, 0) is 15.1 Å². The maximum absolute atomic E-state index is 13.7. The van der Waals surface area contributed by atoms with Gasteiger partial charge in [0.2, 0.25) is 0 Å². The van der Waals surface area contributed by atoms with E-state index in [1.54, 1.807) is 0 Å². The summed E-state index contributed by atoms with van der Waals surface area (Å²) in [5.74, 6) is -2.97. The van der Waals surface area contributed by atoms with Gasteiger partial charge >= 0.3 is 5.97 Å². The average Bonchev–Trinajstić information content (AvgIpc) is 2.63. The minimum atomic E-state index is -2.65. The van der Waals surface area contributed by atoms with Gasteiger partial charge in [0.15, 0.2) is 0 Å². The zero-order valence-corrected chi connectivity index (χ0v) is 19.1. The number of rotatable bonds is 4. The molecule has 0 aliphatic carbocycles. The van der Waals surface area contributed by atoms with Gasteiger partial charge in [-0.1, -0.05) is 30.3 Å². The SMILES string of the molecule is CC(C(=O)OC1CC[N+](C)(C)CC1)(c1ccccc1)N1CCC(F)(F)CC1.[I-]. The topological polar surface area (TPSA) is 29.5 Å². The van der Waals surface area contributed by atoms with Crippen LogP contribution in [0, 0.1) is 0 Å². The lowest BCUT2D eigenvalue weighted by atomic mass is 9.87. The van der Waals surface area contributed by atoms with Crippen LogP contribution in [0.15, 0.2) is 30.3 Å². The van der Waals surface area contributed by atoms with Crippen molar-refractivity contribution in [2.75, 3.05) is 40.3 Å². The zero-order chi connectivity index (χ0) is 19.7. The van der Waals surface area contributed by atoms with Gasteiger partial charge in [-0.25, -0.2) is 13.6 Å². The second-order valence-corrected chi connectivity index (χ2v) is 8.77. The van der Waals surface area contributed by atoms with Crippen LogP contribution in [0.5, 0.6) is 0 Å². The molecule has 0 spiro atoms. The number of hydrogen-bond donors (Lipinski definition) is 0. The van der Waals surface area contributed by atoms with Crippen molar-refractivity contribution in [3.05, 3.63) is 35.9 Å². The van der Waals surface area contributed by atoms with Crippen LogP contribution in [-0.4, -0.2) is 67.7 Å². The highest BCUT2D eigenvalue weighted by Gasteiger charge is 2.48. The Morgan fingerprint density at radius 1 is 1.14 bits per heavy atom. The number of esters is 1. The van der Waals surface area contributed by atoms with E-state index >= 15 is 0 Å². The molecule has 2 aliphatic heterocycles. The van der Waals surface area contributed by atoms with Crippen molar-refractivity contribution >= 4 is 5.97 Å². The predicted octanol–water partition coefficient (Wildman–Crippen LogP) is 0.419. The molecule has 4 nitrogen and oxygen atoms in total. The van der Waals surface area contributed by atoms with Crippen molar-refractivity contribution < 1.29 is 46.8 Å². The first-order valence-electron chi connectivity index (χ1n) is 9.84. The molecule has 158 valence electrons. The number of benzene rings is 1. The molecular formula is C21H31F2IN2O2. The summed E-state index contributed by atoms with van der Waals surface area (Å²) in [4.78, 5) is 15.2. The van der Waals surface area contributed by atoms with Crippen LogP contribution in [0.1, 0.15) is 38.2 Å². The van der Waals surface area contributed by atoms with Gasteiger partial charge in [0.25, 0.3) is 5.92 Å². The number of carbonyl (C=O) groups is 1. The van der Waals surface area contributed by atoms with Gasteiger partial charge in [-0.15, -0.1) is 0 Å². The van der Waals surface area contributed by atoms with E-state index in [0.717, 1.165) is 36.0 Å². The number of piperidine rings is 2. The molecule has 0 bridgehead atoms. The van der Waals surface area contributed by atoms with Crippen molar-refractivity contribution in [1.29, 1.82) is 0 Å². The molecule has 2 fully saturated rings. The third-order valence-corrected chi connectivity index (χ3v) is 6.25. The van der Waals surface area contributed by atoms with E-state index in [9.17, 15) is 13.6 Å². The molecule has 1 unspecified atom stereocenters. The summed E-state index contributed by atoms with van der Waals surface area (Å²) in [6.45, 7) is 4.12. The summed E-state index contributed by atoms with van der Waals surface area (Å²) in [5.41, 5.74) is -0.244. The van der Waals surface area contributed by atoms with Gasteiger partial charge < -0.3 is 33.2 Å². The molecule has 2 saturated heterocycles. The third kappa shape index (κ3) is 5.21. The maximum Gasteiger partial charge on any atom is 0.331 e. The fourth-order valence-electron chi connectivity index (χ4n) is 4.10. The summed E-state index contributed by atoms with van der Waals surface area (Å²) in [7, 11) is 4.36. The summed E-state index contributed by atoms with van der Waals surface area (Å²) in [6.07, 6.45) is 1.12. The fraction of sp³-hybridized carbons (Fsp3) is 0.667. The van der Waals surface area contributed by atoms with Crippen molar-refractivity contribution in [3.63, 3.8) is 0 Å². The summed E-state index contributed by atoms with van der Waals surface area (Å²) >= 11 is 0. The highest BCUT2D eigenvalue weighted by atomic mass is 127. The second-order valence-electron chi connectivity index (χ2n) is 8.77. The first-order chi connectivity index (χ1) is 12.6. The van der Waals surface area contributed by atoms with Gasteiger partial charge in [-0.2, -0.15) is 0 Å². The summed E-state index contributed by atoms with van der Waals surface area (Å²) < 4.78 is 34.2. The third-order valence-electron chi connectivity index (χ3n) is 6.25. The second kappa shape index (κ2) is 8.92. The number of likely N-dealkylation sites (tertiary alicyclic amines) is 2. The Hall–Kier alpha value is -0.800. The molecule has 1 aromatic rings. The zero-order valence-electron chi connectivity index (χ0n) is 17.0. The van der Waals surface area contributed by atoms with Crippen molar-refractivity contribution in [2.24, 2.45) is 0 Å². The van der Waals surface area contributed by atoms with E-state index in [1.165, 1.54) is 0 Å². The van der Waals surface area contributed by atoms with Crippen LogP contribution in [0.2, 0.25) is 0 Å². The van der Waals surface area contributed by atoms with Crippen molar-refractivity contribution in [3.8, 4) is 0 Å². The average molecular weight is 508 g/mol. The normalized spacial score (nSPS) is 24.6. The molecule has 7 heteroatoms. The number of halogens is 3. The predicted molar refractivity (Wildman–Crippen MR) is 101 cm³/mol. The Morgan fingerprint density at radius 2 is 1.68 bits per heavy atom. The summed E-state index contributed by atoms with van der Waals surface area (Å²) in [5, 5.41) is 0. The van der Waals surface area contributed by atoms with E-state index in [2.05, 4.69) is 14.1 Å². The lowest BCUT2D eigenvalue weighted by molar-refractivity contribution is -0.896. The molecule has 0 aromatic heterocycles. The van der Waals surface area contributed by atoms with Crippen molar-refractivity contribution in [1.82, 2.24) is 4.90 Å². The van der Waals surface area contributed by atoms with Crippen LogP contribution in [0.3, 0.4) is 0 Å². The van der Waals surface area contributed by atoms with Gasteiger partial charge in [-0.05, 0) is 12.5 Å². The fourth-order valence-corrected chi connectivity index (χ4v) is 4.10. The lowest BCUT2D eigenvalue weighted by Gasteiger charge is -2.44. The molecule has 1 aromatic carbocycles. The molecule has 0 radical (unpaired) electrons. The Bertz CT molecular complexity index is 652. The van der Waals surface area contributed by atoms with Crippen molar-refractivity contribution in [2.45, 2.75) is 50.2 Å². The standard InChI is InChI=1S/C21H31F2N2O2.HI/c1-20(17-7-5-4-6-8-17,24-13-11-21(22,23)12-14-24)19(26)27-18-9-15-25(2,3)16-10-18;/h4-8,18H,9-16H2,1-3H3;1H/q+1;/p-1. The highest BCUT2D eigenvalue weighted by Crippen LogP contribution is 2.37.